The Morgan fingerprint density at radius 2 is 1.86 bits per heavy atom. The predicted octanol–water partition coefficient (Wildman–Crippen LogP) is -2.25. The van der Waals surface area contributed by atoms with Crippen LogP contribution in [-0.4, -0.2) is 5.48 Å². The summed E-state index contributed by atoms with van der Waals surface area (Å²) in [7, 11) is 0. The summed E-state index contributed by atoms with van der Waals surface area (Å²) in [5.41, 5.74) is 0. The quantitative estimate of drug-likeness (QED) is 0.342. The molecule has 0 heterocycles. The van der Waals surface area contributed by atoms with Crippen LogP contribution in [0.5, 0.6) is 0 Å². The molecule has 0 saturated heterocycles. The van der Waals surface area contributed by atoms with Crippen molar-refractivity contribution in [2.75, 3.05) is 0 Å². The van der Waals surface area contributed by atoms with E-state index >= 15 is 0 Å². The van der Waals surface area contributed by atoms with Crippen LogP contribution in [0.15, 0.2) is 0 Å². The molecule has 0 aromatic heterocycles. The zero-order valence-corrected chi connectivity index (χ0v) is 7.51. The van der Waals surface area contributed by atoms with Crippen molar-refractivity contribution in [2.45, 2.75) is 12.8 Å². The minimum absolute atomic E-state index is 0. The van der Waals surface area contributed by atoms with Crippen molar-refractivity contribution in [3.05, 3.63) is 0 Å². The van der Waals surface area contributed by atoms with Crippen molar-refractivity contribution >= 4 is 0 Å². The van der Waals surface area contributed by atoms with E-state index < -0.39 is 0 Å². The van der Waals surface area contributed by atoms with Gasteiger partial charge in [-0.25, -0.2) is 0 Å². The average molecular weight is 123 g/mol. The number of nitriles is 1. The van der Waals surface area contributed by atoms with Gasteiger partial charge in [0.25, 0.3) is 0 Å². The smallest absolute Gasteiger partial charge is 0.870 e. The van der Waals surface area contributed by atoms with Gasteiger partial charge in [0.2, 0.25) is 0 Å². The second kappa shape index (κ2) is 5.23. The second-order valence-corrected chi connectivity index (χ2v) is 1.40. The van der Waals surface area contributed by atoms with E-state index in [0.29, 0.717) is 5.92 Å². The molecule has 34 valence electrons. The van der Waals surface area contributed by atoms with E-state index in [2.05, 4.69) is 6.07 Å². The monoisotopic (exact) mass is 123 g/mol. The van der Waals surface area contributed by atoms with Gasteiger partial charge in [-0.1, -0.05) is 0 Å². The molecule has 0 aromatic carbocycles. The van der Waals surface area contributed by atoms with Crippen molar-refractivity contribution in [2.24, 2.45) is 5.92 Å². The third kappa shape index (κ3) is 4.95. The summed E-state index contributed by atoms with van der Waals surface area (Å²) in [4.78, 5) is 0. The average Bonchev–Trinajstić information content (AvgIpc) is 2.12. The molecule has 1 rings (SSSR count). The van der Waals surface area contributed by atoms with Crippen molar-refractivity contribution in [3.8, 4) is 6.07 Å². The van der Waals surface area contributed by atoms with Gasteiger partial charge in [0, 0.05) is 5.92 Å². The van der Waals surface area contributed by atoms with Gasteiger partial charge < -0.3 is 5.48 Å². The van der Waals surface area contributed by atoms with Crippen LogP contribution in [0.2, 0.25) is 0 Å². The predicted molar refractivity (Wildman–Crippen MR) is 20.3 cm³/mol. The molecule has 0 bridgehead atoms. The van der Waals surface area contributed by atoms with Gasteiger partial charge in [-0.2, -0.15) is 5.26 Å². The maximum atomic E-state index is 7.96. The molecule has 0 amide bonds. The molecule has 0 aliphatic heterocycles. The first-order chi connectivity index (χ1) is 2.43. The standard InChI is InChI=1S/C4H5N.K.H2O/c5-3-4-1-2-4;;/h4H,1-2H2;;1H2/q;+1;/p-1. The van der Waals surface area contributed by atoms with Crippen LogP contribution < -0.4 is 51.4 Å². The molecule has 0 spiro atoms. The summed E-state index contributed by atoms with van der Waals surface area (Å²) in [5, 5.41) is 7.96. The molecular weight excluding hydrogens is 117 g/mol. The van der Waals surface area contributed by atoms with Gasteiger partial charge in [0.15, 0.2) is 0 Å². The van der Waals surface area contributed by atoms with E-state index in [-0.39, 0.29) is 56.9 Å². The Hall–Kier alpha value is 1.09. The zero-order chi connectivity index (χ0) is 3.70. The van der Waals surface area contributed by atoms with E-state index in [4.69, 9.17) is 5.26 Å². The van der Waals surface area contributed by atoms with Crippen molar-refractivity contribution in [1.29, 1.82) is 5.26 Å². The summed E-state index contributed by atoms with van der Waals surface area (Å²) in [5.74, 6) is 0.440. The van der Waals surface area contributed by atoms with Gasteiger partial charge in [-0.15, -0.1) is 0 Å². The number of hydrogen-bond acceptors (Lipinski definition) is 2. The summed E-state index contributed by atoms with van der Waals surface area (Å²) in [6, 6.07) is 2.14. The van der Waals surface area contributed by atoms with Gasteiger partial charge in [0.1, 0.15) is 0 Å². The Balaban J connectivity index is 0. The Morgan fingerprint density at radius 1 is 1.43 bits per heavy atom. The topological polar surface area (TPSA) is 53.8 Å². The third-order valence-electron chi connectivity index (χ3n) is 0.760. The minimum atomic E-state index is 0. The van der Waals surface area contributed by atoms with Crippen molar-refractivity contribution in [1.82, 2.24) is 0 Å². The van der Waals surface area contributed by atoms with Gasteiger partial charge in [-0.3, -0.25) is 0 Å². The Kier molecular flexibility index (Phi) is 8.19. The van der Waals surface area contributed by atoms with E-state index in [1.54, 1.807) is 0 Å². The first-order valence-corrected chi connectivity index (χ1v) is 1.83. The van der Waals surface area contributed by atoms with Gasteiger partial charge >= 0.3 is 51.4 Å². The summed E-state index contributed by atoms with van der Waals surface area (Å²) in [6.45, 7) is 0. The molecule has 7 heavy (non-hydrogen) atoms. The van der Waals surface area contributed by atoms with Crippen LogP contribution in [-0.2, 0) is 0 Å². The molecule has 0 radical (unpaired) electrons. The molecule has 1 N–H and O–H groups in total. The molecule has 2 nitrogen and oxygen atoms in total. The Labute approximate surface area is 85.6 Å². The summed E-state index contributed by atoms with van der Waals surface area (Å²) >= 11 is 0. The normalized spacial score (nSPS) is 15.3. The van der Waals surface area contributed by atoms with Crippen molar-refractivity contribution in [3.63, 3.8) is 0 Å². The molecule has 0 unspecified atom stereocenters. The van der Waals surface area contributed by atoms with E-state index in [1.807, 2.05) is 0 Å². The Bertz CT molecular complexity index is 74.2. The molecular formula is C4H6KNO. The molecule has 1 fully saturated rings. The van der Waals surface area contributed by atoms with Gasteiger partial charge in [0.05, 0.1) is 6.07 Å². The van der Waals surface area contributed by atoms with Crippen LogP contribution in [0.1, 0.15) is 12.8 Å². The summed E-state index contributed by atoms with van der Waals surface area (Å²) in [6.07, 6.45) is 2.30. The van der Waals surface area contributed by atoms with E-state index in [1.165, 1.54) is 0 Å². The van der Waals surface area contributed by atoms with Crippen LogP contribution in [0.4, 0.5) is 0 Å². The number of hydrogen-bond donors (Lipinski definition) is 0. The largest absolute Gasteiger partial charge is 1.00 e. The second-order valence-electron chi connectivity index (χ2n) is 1.40. The molecule has 1 aliphatic rings. The van der Waals surface area contributed by atoms with Crippen molar-refractivity contribution < 1.29 is 56.9 Å². The fraction of sp³-hybridized carbons (Fsp3) is 0.750. The third-order valence-corrected chi connectivity index (χ3v) is 0.760. The maximum absolute atomic E-state index is 7.96. The fourth-order valence-electron chi connectivity index (χ4n) is 0.212. The van der Waals surface area contributed by atoms with E-state index in [0.717, 1.165) is 12.8 Å². The fourth-order valence-corrected chi connectivity index (χ4v) is 0.212. The van der Waals surface area contributed by atoms with Crippen LogP contribution >= 0.6 is 0 Å². The van der Waals surface area contributed by atoms with Crippen LogP contribution in [0, 0.1) is 17.2 Å². The molecule has 0 atom stereocenters. The summed E-state index contributed by atoms with van der Waals surface area (Å²) < 4.78 is 0. The molecule has 0 aromatic rings. The number of nitrogens with zero attached hydrogens (tertiary/aromatic N) is 1. The van der Waals surface area contributed by atoms with E-state index in [9.17, 15) is 0 Å². The first kappa shape index (κ1) is 11.0. The first-order valence-electron chi connectivity index (χ1n) is 1.83. The SMILES string of the molecule is N#CC1CC1.[K+].[OH-]. The van der Waals surface area contributed by atoms with Gasteiger partial charge in [-0.05, 0) is 12.8 Å². The molecule has 1 saturated carbocycles. The maximum Gasteiger partial charge on any atom is 1.00 e. The minimum Gasteiger partial charge on any atom is -0.870 e. The molecule has 1 aliphatic carbocycles. The zero-order valence-electron chi connectivity index (χ0n) is 4.39. The van der Waals surface area contributed by atoms with Crippen LogP contribution in [0.25, 0.3) is 0 Å². The Morgan fingerprint density at radius 3 is 1.86 bits per heavy atom. The number of rotatable bonds is 0. The van der Waals surface area contributed by atoms with Crippen LogP contribution in [0.3, 0.4) is 0 Å². The molecule has 3 heteroatoms.